The zero-order chi connectivity index (χ0) is 22.8. The molecule has 0 saturated carbocycles. The van der Waals surface area contributed by atoms with E-state index in [-0.39, 0.29) is 30.7 Å². The third kappa shape index (κ3) is 4.88. The molecule has 0 radical (unpaired) electrons. The Balaban J connectivity index is 1.74. The van der Waals surface area contributed by atoms with Gasteiger partial charge in [-0.2, -0.15) is 18.4 Å². The molecule has 1 atom stereocenters. The zero-order valence-corrected chi connectivity index (χ0v) is 17.5. The predicted molar refractivity (Wildman–Crippen MR) is 112 cm³/mol. The maximum Gasteiger partial charge on any atom is 0.419 e. The highest BCUT2D eigenvalue weighted by Gasteiger charge is 2.36. The number of halogens is 3. The fourth-order valence-corrected chi connectivity index (χ4v) is 3.51. The highest BCUT2D eigenvalue weighted by atomic mass is 19.4. The zero-order valence-electron chi connectivity index (χ0n) is 17.5. The summed E-state index contributed by atoms with van der Waals surface area (Å²) in [7, 11) is 0. The van der Waals surface area contributed by atoms with Gasteiger partial charge in [0.15, 0.2) is 0 Å². The lowest BCUT2D eigenvalue weighted by Crippen LogP contribution is -2.38. The van der Waals surface area contributed by atoms with Crippen LogP contribution >= 0.6 is 0 Å². The van der Waals surface area contributed by atoms with Crippen LogP contribution in [0.1, 0.15) is 31.9 Å². The van der Waals surface area contributed by atoms with E-state index in [0.717, 1.165) is 11.6 Å². The molecule has 2 heterocycles. The molecule has 1 aromatic carbocycles. The number of anilines is 2. The monoisotopic (exact) mass is 428 g/mol. The van der Waals surface area contributed by atoms with Crippen molar-refractivity contribution >= 4 is 17.4 Å². The van der Waals surface area contributed by atoms with E-state index in [1.807, 2.05) is 13.8 Å². The van der Waals surface area contributed by atoms with Crippen LogP contribution in [-0.4, -0.2) is 24.0 Å². The van der Waals surface area contributed by atoms with Crippen molar-refractivity contribution in [2.24, 2.45) is 5.92 Å². The van der Waals surface area contributed by atoms with Crippen LogP contribution in [0.15, 0.2) is 54.2 Å². The van der Waals surface area contributed by atoms with Crippen molar-refractivity contribution in [2.75, 3.05) is 23.3 Å². The molecule has 1 N–H and O–H groups in total. The van der Waals surface area contributed by atoms with Crippen LogP contribution in [0.5, 0.6) is 0 Å². The van der Waals surface area contributed by atoms with Gasteiger partial charge < -0.3 is 10.2 Å². The van der Waals surface area contributed by atoms with Crippen molar-refractivity contribution in [2.45, 2.75) is 32.4 Å². The van der Waals surface area contributed by atoms with Gasteiger partial charge in [0, 0.05) is 36.5 Å². The molecule has 0 aliphatic carbocycles. The van der Waals surface area contributed by atoms with E-state index < -0.39 is 17.2 Å². The van der Waals surface area contributed by atoms with Gasteiger partial charge in [0.05, 0.1) is 17.0 Å². The Kier molecular flexibility index (Phi) is 6.07. The van der Waals surface area contributed by atoms with E-state index in [0.29, 0.717) is 11.3 Å². The Morgan fingerprint density at radius 1 is 1.23 bits per heavy atom. The number of benzene rings is 1. The highest BCUT2D eigenvalue weighted by Crippen LogP contribution is 2.36. The Hall–Kier alpha value is -3.34. The molecule has 3 rings (SSSR count). The number of nitrogens with zero attached hydrogens (tertiary/aromatic N) is 3. The Morgan fingerprint density at radius 2 is 1.90 bits per heavy atom. The van der Waals surface area contributed by atoms with E-state index in [4.69, 9.17) is 0 Å². The number of alkyl halides is 3. The minimum absolute atomic E-state index is 0.131. The number of pyridine rings is 1. The molecule has 162 valence electrons. The third-order valence-electron chi connectivity index (χ3n) is 5.35. The van der Waals surface area contributed by atoms with E-state index in [2.05, 4.69) is 16.4 Å². The van der Waals surface area contributed by atoms with Crippen LogP contribution in [-0.2, 0) is 16.4 Å². The van der Waals surface area contributed by atoms with E-state index in [1.54, 1.807) is 37.3 Å². The Bertz CT molecular complexity index is 1040. The second-order valence-corrected chi connectivity index (χ2v) is 8.11. The van der Waals surface area contributed by atoms with Gasteiger partial charge in [-0.05, 0) is 43.7 Å². The van der Waals surface area contributed by atoms with Crippen molar-refractivity contribution in [1.29, 1.82) is 5.26 Å². The Labute approximate surface area is 179 Å². The fourth-order valence-electron chi connectivity index (χ4n) is 3.51. The van der Waals surface area contributed by atoms with Crippen molar-refractivity contribution in [1.82, 2.24) is 4.98 Å². The number of amides is 1. The topological polar surface area (TPSA) is 69.0 Å². The number of carbonyl (C=O) groups excluding carboxylic acids is 1. The number of hydrogen-bond donors (Lipinski definition) is 1. The molecular formula is C23H23F3N4O. The van der Waals surface area contributed by atoms with Gasteiger partial charge in [-0.15, -0.1) is 0 Å². The summed E-state index contributed by atoms with van der Waals surface area (Å²) in [5.41, 5.74) is 0.519. The summed E-state index contributed by atoms with van der Waals surface area (Å²) < 4.78 is 39.9. The first-order valence-electron chi connectivity index (χ1n) is 9.83. The SMILES string of the molecule is C[C@@H]1CN(c2ncccc2C(F)(F)F)CC=C1C(=O)Nc1ccc(C(C)(C)C#N)cc1. The summed E-state index contributed by atoms with van der Waals surface area (Å²) in [6, 6.07) is 11.5. The first-order valence-corrected chi connectivity index (χ1v) is 9.83. The lowest BCUT2D eigenvalue weighted by Gasteiger charge is -2.32. The van der Waals surface area contributed by atoms with E-state index in [1.165, 1.54) is 17.2 Å². The predicted octanol–water partition coefficient (Wildman–Crippen LogP) is 4.92. The number of carbonyl (C=O) groups is 1. The summed E-state index contributed by atoms with van der Waals surface area (Å²) in [5.74, 6) is -0.710. The summed E-state index contributed by atoms with van der Waals surface area (Å²) in [6.07, 6.45) is -1.52. The van der Waals surface area contributed by atoms with Gasteiger partial charge in [0.2, 0.25) is 0 Å². The van der Waals surface area contributed by atoms with Crippen LogP contribution in [0.25, 0.3) is 0 Å². The van der Waals surface area contributed by atoms with Gasteiger partial charge in [0.1, 0.15) is 5.82 Å². The largest absolute Gasteiger partial charge is 0.419 e. The Morgan fingerprint density at radius 3 is 2.48 bits per heavy atom. The molecule has 1 aliphatic heterocycles. The number of hydrogen-bond acceptors (Lipinski definition) is 4. The average molecular weight is 428 g/mol. The summed E-state index contributed by atoms with van der Waals surface area (Å²) >= 11 is 0. The second kappa shape index (κ2) is 8.42. The van der Waals surface area contributed by atoms with Crippen LogP contribution in [0.2, 0.25) is 0 Å². The van der Waals surface area contributed by atoms with Gasteiger partial charge in [0.25, 0.3) is 5.91 Å². The lowest BCUT2D eigenvalue weighted by atomic mass is 9.86. The highest BCUT2D eigenvalue weighted by molar-refractivity contribution is 6.04. The van der Waals surface area contributed by atoms with E-state index in [9.17, 15) is 23.2 Å². The van der Waals surface area contributed by atoms with E-state index >= 15 is 0 Å². The maximum atomic E-state index is 13.3. The smallest absolute Gasteiger partial charge is 0.352 e. The molecule has 0 saturated heterocycles. The lowest BCUT2D eigenvalue weighted by molar-refractivity contribution is -0.137. The molecule has 31 heavy (non-hydrogen) atoms. The molecule has 1 aliphatic rings. The number of aromatic nitrogens is 1. The average Bonchev–Trinajstić information content (AvgIpc) is 2.73. The van der Waals surface area contributed by atoms with Crippen molar-refractivity contribution < 1.29 is 18.0 Å². The maximum absolute atomic E-state index is 13.3. The molecule has 0 spiro atoms. The van der Waals surface area contributed by atoms with Gasteiger partial charge in [-0.25, -0.2) is 4.98 Å². The minimum atomic E-state index is -4.50. The molecule has 1 aromatic heterocycles. The molecule has 5 nitrogen and oxygen atoms in total. The molecular weight excluding hydrogens is 405 g/mol. The number of nitriles is 1. The molecule has 1 amide bonds. The van der Waals surface area contributed by atoms with Crippen molar-refractivity contribution in [3.8, 4) is 6.07 Å². The summed E-state index contributed by atoms with van der Waals surface area (Å²) in [5, 5.41) is 12.1. The second-order valence-electron chi connectivity index (χ2n) is 8.11. The first-order chi connectivity index (χ1) is 14.5. The fraction of sp³-hybridized carbons (Fsp3) is 0.348. The molecule has 8 heteroatoms. The number of nitrogens with one attached hydrogen (secondary N) is 1. The van der Waals surface area contributed by atoms with Crippen LogP contribution in [0.3, 0.4) is 0 Å². The molecule has 0 bridgehead atoms. The third-order valence-corrected chi connectivity index (χ3v) is 5.35. The molecule has 0 fully saturated rings. The standard InChI is InChI=1S/C23H23F3N4O/c1-15-13-30(20-19(23(24,25)26)5-4-11-28-20)12-10-18(15)21(31)29-17-8-6-16(7-9-17)22(2,3)14-27/h4-11,15H,12-13H2,1-3H3,(H,29,31)/t15-/m1/s1. The quantitative estimate of drug-likeness (QED) is 0.750. The minimum Gasteiger partial charge on any atom is -0.352 e. The van der Waals surface area contributed by atoms with Crippen LogP contribution in [0, 0.1) is 17.2 Å². The summed E-state index contributed by atoms with van der Waals surface area (Å²) in [6.45, 7) is 5.82. The molecule has 0 unspecified atom stereocenters. The van der Waals surface area contributed by atoms with Crippen molar-refractivity contribution in [3.63, 3.8) is 0 Å². The van der Waals surface area contributed by atoms with Gasteiger partial charge >= 0.3 is 6.18 Å². The normalized spacial score (nSPS) is 17.0. The van der Waals surface area contributed by atoms with Gasteiger partial charge in [-0.1, -0.05) is 25.1 Å². The van der Waals surface area contributed by atoms with Crippen molar-refractivity contribution in [3.05, 3.63) is 65.4 Å². The van der Waals surface area contributed by atoms with Gasteiger partial charge in [-0.3, -0.25) is 4.79 Å². The molecule has 2 aromatic rings. The number of rotatable bonds is 4. The van der Waals surface area contributed by atoms with Crippen LogP contribution in [0.4, 0.5) is 24.7 Å². The first kappa shape index (κ1) is 22.3. The van der Waals surface area contributed by atoms with Crippen LogP contribution < -0.4 is 10.2 Å². The summed E-state index contributed by atoms with van der Waals surface area (Å²) in [4.78, 5) is 18.2.